The Balaban J connectivity index is 2.06. The van der Waals surface area contributed by atoms with Gasteiger partial charge in [-0.15, -0.1) is 0 Å². The molecule has 0 saturated heterocycles. The molecule has 1 aliphatic carbocycles. The standard InChI is InChI=1S/C16H9NO5S/c1-17-16(20)12-6-10-11(7-13(12)23(17,21)22)15(19)9-5-3-2-4-8(9)14(10)18/h2-7H,1H3. The van der Waals surface area contributed by atoms with E-state index in [1.807, 2.05) is 0 Å². The van der Waals surface area contributed by atoms with Gasteiger partial charge in [-0.1, -0.05) is 24.3 Å². The number of benzene rings is 2. The first-order chi connectivity index (χ1) is 10.8. The number of nitrogens with zero attached hydrogens (tertiary/aromatic N) is 1. The molecule has 2 aromatic carbocycles. The zero-order chi connectivity index (χ0) is 16.5. The summed E-state index contributed by atoms with van der Waals surface area (Å²) in [6.45, 7) is 0. The molecule has 0 fully saturated rings. The van der Waals surface area contributed by atoms with Gasteiger partial charge in [0.25, 0.3) is 15.9 Å². The highest BCUT2D eigenvalue weighted by molar-refractivity contribution is 7.90. The van der Waals surface area contributed by atoms with Gasteiger partial charge in [0.2, 0.25) is 0 Å². The summed E-state index contributed by atoms with van der Waals surface area (Å²) in [7, 11) is -2.82. The fourth-order valence-corrected chi connectivity index (χ4v) is 4.23. The van der Waals surface area contributed by atoms with Crippen LogP contribution >= 0.6 is 0 Å². The van der Waals surface area contributed by atoms with Crippen LogP contribution in [0.15, 0.2) is 41.3 Å². The van der Waals surface area contributed by atoms with Gasteiger partial charge < -0.3 is 0 Å². The zero-order valence-corrected chi connectivity index (χ0v) is 12.7. The lowest BCUT2D eigenvalue weighted by molar-refractivity contribution is 0.0890. The fourth-order valence-electron chi connectivity index (χ4n) is 2.93. The van der Waals surface area contributed by atoms with E-state index in [1.54, 1.807) is 12.1 Å². The van der Waals surface area contributed by atoms with Crippen molar-refractivity contribution in [3.8, 4) is 0 Å². The molecule has 0 unspecified atom stereocenters. The third-order valence-electron chi connectivity index (χ3n) is 4.18. The highest BCUT2D eigenvalue weighted by atomic mass is 32.2. The lowest BCUT2D eigenvalue weighted by Gasteiger charge is -2.17. The van der Waals surface area contributed by atoms with Crippen molar-refractivity contribution >= 4 is 27.5 Å². The molecule has 0 aromatic heterocycles. The average Bonchev–Trinajstić information content (AvgIpc) is 2.72. The molecule has 23 heavy (non-hydrogen) atoms. The zero-order valence-electron chi connectivity index (χ0n) is 11.9. The molecule has 1 amide bonds. The largest absolute Gasteiger partial charge is 0.289 e. The molecule has 0 atom stereocenters. The van der Waals surface area contributed by atoms with Gasteiger partial charge in [-0.25, -0.2) is 12.7 Å². The first-order valence-electron chi connectivity index (χ1n) is 6.74. The number of rotatable bonds is 0. The lowest BCUT2D eigenvalue weighted by Crippen LogP contribution is -2.24. The number of amides is 1. The lowest BCUT2D eigenvalue weighted by atomic mass is 9.83. The van der Waals surface area contributed by atoms with Crippen molar-refractivity contribution in [3.05, 3.63) is 64.2 Å². The number of carbonyl (C=O) groups excluding carboxylic acids is 3. The van der Waals surface area contributed by atoms with Crippen molar-refractivity contribution in [2.45, 2.75) is 4.90 Å². The molecule has 1 aliphatic heterocycles. The van der Waals surface area contributed by atoms with Crippen LogP contribution in [-0.2, 0) is 10.0 Å². The van der Waals surface area contributed by atoms with Crippen molar-refractivity contribution in [3.63, 3.8) is 0 Å². The molecular formula is C16H9NO5S. The van der Waals surface area contributed by atoms with Gasteiger partial charge in [-0.05, 0) is 12.1 Å². The molecule has 0 N–H and O–H groups in total. The number of hydrogen-bond acceptors (Lipinski definition) is 5. The van der Waals surface area contributed by atoms with Crippen molar-refractivity contribution in [2.24, 2.45) is 0 Å². The van der Waals surface area contributed by atoms with E-state index in [9.17, 15) is 22.8 Å². The maximum Gasteiger partial charge on any atom is 0.268 e. The van der Waals surface area contributed by atoms with Crippen LogP contribution in [0.4, 0.5) is 0 Å². The number of hydrogen-bond donors (Lipinski definition) is 0. The predicted molar refractivity (Wildman–Crippen MR) is 79.0 cm³/mol. The quantitative estimate of drug-likeness (QED) is 0.620. The Hall–Kier alpha value is -2.80. The van der Waals surface area contributed by atoms with E-state index in [1.165, 1.54) is 18.2 Å². The van der Waals surface area contributed by atoms with E-state index >= 15 is 0 Å². The van der Waals surface area contributed by atoms with Gasteiger partial charge >= 0.3 is 0 Å². The summed E-state index contributed by atoms with van der Waals surface area (Å²) in [5.41, 5.74) is 0.490. The predicted octanol–water partition coefficient (Wildman–Crippen LogP) is 1.24. The van der Waals surface area contributed by atoms with Gasteiger partial charge in [-0.3, -0.25) is 14.4 Å². The topological polar surface area (TPSA) is 88.6 Å². The van der Waals surface area contributed by atoms with Crippen LogP contribution in [0.3, 0.4) is 0 Å². The van der Waals surface area contributed by atoms with Crippen LogP contribution in [0.25, 0.3) is 0 Å². The monoisotopic (exact) mass is 327 g/mol. The second kappa shape index (κ2) is 4.14. The summed E-state index contributed by atoms with van der Waals surface area (Å²) < 4.78 is 25.1. The Bertz CT molecular complexity index is 1050. The van der Waals surface area contributed by atoms with Crippen LogP contribution in [0.1, 0.15) is 42.2 Å². The van der Waals surface area contributed by atoms with Gasteiger partial charge in [0, 0.05) is 29.3 Å². The van der Waals surface area contributed by atoms with Gasteiger partial charge in [0.05, 0.1) is 5.56 Å². The van der Waals surface area contributed by atoms with Crippen molar-refractivity contribution in [2.75, 3.05) is 7.05 Å². The van der Waals surface area contributed by atoms with E-state index in [0.29, 0.717) is 4.31 Å². The average molecular weight is 327 g/mol. The van der Waals surface area contributed by atoms with Crippen LogP contribution in [0, 0.1) is 0 Å². The Morgan fingerprint density at radius 2 is 1.30 bits per heavy atom. The minimum Gasteiger partial charge on any atom is -0.289 e. The third kappa shape index (κ3) is 1.57. The minimum absolute atomic E-state index is 0.0131. The summed E-state index contributed by atoms with van der Waals surface area (Å²) in [5, 5.41) is 0. The normalized spacial score (nSPS) is 17.8. The Kier molecular flexibility index (Phi) is 2.49. The summed E-state index contributed by atoms with van der Waals surface area (Å²) >= 11 is 0. The molecule has 2 aliphatic rings. The van der Waals surface area contributed by atoms with E-state index in [4.69, 9.17) is 0 Å². The van der Waals surface area contributed by atoms with Crippen LogP contribution in [0.2, 0.25) is 0 Å². The molecule has 7 heteroatoms. The van der Waals surface area contributed by atoms with Gasteiger partial charge in [0.15, 0.2) is 11.6 Å². The van der Waals surface area contributed by atoms with E-state index < -0.39 is 27.5 Å². The smallest absolute Gasteiger partial charge is 0.268 e. The third-order valence-corrected chi connectivity index (χ3v) is 5.96. The molecule has 2 aromatic rings. The summed E-state index contributed by atoms with van der Waals surface area (Å²) in [5.74, 6) is -1.52. The first kappa shape index (κ1) is 13.8. The maximum absolute atomic E-state index is 12.6. The number of carbonyl (C=O) groups is 3. The highest BCUT2D eigenvalue weighted by Crippen LogP contribution is 2.35. The summed E-state index contributed by atoms with van der Waals surface area (Å²) in [6.07, 6.45) is 0. The maximum atomic E-state index is 12.6. The van der Waals surface area contributed by atoms with Gasteiger partial charge in [0.1, 0.15) is 4.90 Å². The van der Waals surface area contributed by atoms with Crippen LogP contribution < -0.4 is 0 Å². The molecule has 114 valence electrons. The van der Waals surface area contributed by atoms with Crippen LogP contribution in [-0.4, -0.2) is 37.2 Å². The van der Waals surface area contributed by atoms with E-state index in [0.717, 1.165) is 13.1 Å². The second-order valence-corrected chi connectivity index (χ2v) is 7.31. The molecule has 0 radical (unpaired) electrons. The molecule has 0 spiro atoms. The Morgan fingerprint density at radius 3 is 1.87 bits per heavy atom. The molecule has 0 bridgehead atoms. The first-order valence-corrected chi connectivity index (χ1v) is 8.18. The SMILES string of the molecule is CN1C(=O)c2cc3c(cc2S1(=O)=O)C(=O)c1ccccc1C3=O. The molecule has 6 nitrogen and oxygen atoms in total. The van der Waals surface area contributed by atoms with Crippen molar-refractivity contribution < 1.29 is 22.8 Å². The Labute approximate surface area is 131 Å². The Morgan fingerprint density at radius 1 is 0.783 bits per heavy atom. The fraction of sp³-hybridized carbons (Fsp3) is 0.0625. The number of ketones is 2. The van der Waals surface area contributed by atoms with Crippen molar-refractivity contribution in [1.29, 1.82) is 0 Å². The van der Waals surface area contributed by atoms with E-state index in [2.05, 4.69) is 0 Å². The summed E-state index contributed by atoms with van der Waals surface area (Å²) in [4.78, 5) is 37.0. The van der Waals surface area contributed by atoms with Gasteiger partial charge in [-0.2, -0.15) is 0 Å². The van der Waals surface area contributed by atoms with Crippen molar-refractivity contribution in [1.82, 2.24) is 4.31 Å². The molecule has 4 rings (SSSR count). The molecule has 1 heterocycles. The van der Waals surface area contributed by atoms with E-state index in [-0.39, 0.29) is 32.7 Å². The number of sulfonamides is 1. The summed E-state index contributed by atoms with van der Waals surface area (Å²) in [6, 6.07) is 8.69. The highest BCUT2D eigenvalue weighted by Gasteiger charge is 2.42. The van der Waals surface area contributed by atoms with Crippen LogP contribution in [0.5, 0.6) is 0 Å². The number of fused-ring (bicyclic) bond motifs is 3. The second-order valence-electron chi connectivity index (χ2n) is 5.38. The molecule has 0 saturated carbocycles. The molecular weight excluding hydrogens is 318 g/mol. The minimum atomic E-state index is -3.96.